The van der Waals surface area contributed by atoms with Gasteiger partial charge in [-0.1, -0.05) is 0 Å². The highest BCUT2D eigenvalue weighted by atomic mass is 32.2. The standard InChI is InChI=1S/C19H22N4O5S2/c1-9-6-20-19(30-9)22-17(26)13-7-29-8-23(13)14(25)5-12-15(18(27)28-4)10(2)16(21-12)11(3)24/h6,13,21H,5,7-8H2,1-4H3,(H,20,22,26)/t13-/m1/s1. The number of H-pyrrole nitrogens is 1. The number of aromatic amines is 1. The van der Waals surface area contributed by atoms with Crippen molar-refractivity contribution < 1.29 is 23.9 Å². The maximum Gasteiger partial charge on any atom is 0.339 e. The number of anilines is 1. The fraction of sp³-hybridized carbons (Fsp3) is 0.421. The fourth-order valence-electron chi connectivity index (χ4n) is 3.28. The number of nitrogens with one attached hydrogen (secondary N) is 2. The number of ketones is 1. The predicted octanol–water partition coefficient (Wildman–Crippen LogP) is 2.16. The van der Waals surface area contributed by atoms with E-state index < -0.39 is 12.0 Å². The molecule has 2 aromatic rings. The molecule has 1 saturated heterocycles. The van der Waals surface area contributed by atoms with Crippen LogP contribution < -0.4 is 5.32 Å². The topological polar surface area (TPSA) is 121 Å². The summed E-state index contributed by atoms with van der Waals surface area (Å²) in [4.78, 5) is 59.2. The predicted molar refractivity (Wildman–Crippen MR) is 114 cm³/mol. The van der Waals surface area contributed by atoms with Gasteiger partial charge in [-0.2, -0.15) is 0 Å². The minimum atomic E-state index is -0.642. The van der Waals surface area contributed by atoms with Gasteiger partial charge in [0.25, 0.3) is 0 Å². The number of carbonyl (C=O) groups is 4. The van der Waals surface area contributed by atoms with Gasteiger partial charge in [-0.3, -0.25) is 14.4 Å². The van der Waals surface area contributed by atoms with Gasteiger partial charge in [0, 0.05) is 29.4 Å². The van der Waals surface area contributed by atoms with Crippen LogP contribution in [-0.2, 0) is 20.7 Å². The Morgan fingerprint density at radius 2 is 2.07 bits per heavy atom. The first-order valence-corrected chi connectivity index (χ1v) is 11.1. The second-order valence-corrected chi connectivity index (χ2v) is 9.08. The molecule has 1 aliphatic heterocycles. The Labute approximate surface area is 181 Å². The first-order chi connectivity index (χ1) is 14.2. The number of methoxy groups -OCH3 is 1. The smallest absolute Gasteiger partial charge is 0.339 e. The molecule has 0 radical (unpaired) electrons. The number of aromatic nitrogens is 2. The van der Waals surface area contributed by atoms with Crippen LogP contribution in [0.2, 0.25) is 0 Å². The number of esters is 1. The third-order valence-corrected chi connectivity index (χ3v) is 6.59. The number of hydrogen-bond donors (Lipinski definition) is 2. The van der Waals surface area contributed by atoms with Crippen molar-refractivity contribution in [1.29, 1.82) is 0 Å². The third kappa shape index (κ3) is 4.41. The molecule has 0 unspecified atom stereocenters. The monoisotopic (exact) mass is 450 g/mol. The summed E-state index contributed by atoms with van der Waals surface area (Å²) in [6, 6.07) is -0.642. The molecule has 0 spiro atoms. The van der Waals surface area contributed by atoms with Crippen LogP contribution in [0.25, 0.3) is 0 Å². The van der Waals surface area contributed by atoms with Gasteiger partial charge in [-0.25, -0.2) is 9.78 Å². The Morgan fingerprint density at radius 1 is 1.33 bits per heavy atom. The van der Waals surface area contributed by atoms with Gasteiger partial charge < -0.3 is 19.9 Å². The van der Waals surface area contributed by atoms with E-state index in [0.29, 0.717) is 28.0 Å². The lowest BCUT2D eigenvalue weighted by atomic mass is 10.1. The number of thioether (sulfide) groups is 1. The summed E-state index contributed by atoms with van der Waals surface area (Å²) in [5.74, 6) is -0.665. The Kier molecular flexibility index (Phi) is 6.61. The summed E-state index contributed by atoms with van der Waals surface area (Å²) < 4.78 is 4.82. The van der Waals surface area contributed by atoms with Gasteiger partial charge in [-0.05, 0) is 19.4 Å². The molecule has 11 heteroatoms. The van der Waals surface area contributed by atoms with E-state index in [-0.39, 0.29) is 35.3 Å². The van der Waals surface area contributed by atoms with Crippen LogP contribution in [0, 0.1) is 13.8 Å². The van der Waals surface area contributed by atoms with Gasteiger partial charge >= 0.3 is 5.97 Å². The lowest BCUT2D eigenvalue weighted by Crippen LogP contribution is -2.45. The summed E-state index contributed by atoms with van der Waals surface area (Å²) in [7, 11) is 1.24. The summed E-state index contributed by atoms with van der Waals surface area (Å²) in [6.45, 7) is 4.90. The highest BCUT2D eigenvalue weighted by Crippen LogP contribution is 2.26. The van der Waals surface area contributed by atoms with Crippen molar-refractivity contribution in [3.05, 3.63) is 33.6 Å². The number of carbonyl (C=O) groups excluding carboxylic acids is 4. The number of amides is 2. The lowest BCUT2D eigenvalue weighted by molar-refractivity contribution is -0.135. The summed E-state index contributed by atoms with van der Waals surface area (Å²) in [5.41, 5.74) is 1.20. The van der Waals surface area contributed by atoms with Crippen molar-refractivity contribution in [3.63, 3.8) is 0 Å². The highest BCUT2D eigenvalue weighted by Gasteiger charge is 2.36. The van der Waals surface area contributed by atoms with E-state index in [9.17, 15) is 19.2 Å². The van der Waals surface area contributed by atoms with Crippen LogP contribution in [0.3, 0.4) is 0 Å². The fourth-order valence-corrected chi connectivity index (χ4v) is 5.13. The third-order valence-electron chi connectivity index (χ3n) is 4.75. The van der Waals surface area contributed by atoms with Crippen LogP contribution in [0.15, 0.2) is 6.20 Å². The van der Waals surface area contributed by atoms with Crippen LogP contribution in [0.4, 0.5) is 5.13 Å². The minimum Gasteiger partial charge on any atom is -0.465 e. The van der Waals surface area contributed by atoms with E-state index in [1.165, 1.54) is 42.0 Å². The Hall–Kier alpha value is -2.66. The SMILES string of the molecule is COC(=O)c1c(CC(=O)N2CSC[C@@H]2C(=O)Nc2ncc(C)s2)[nH]c(C(C)=O)c1C. The molecule has 0 saturated carbocycles. The van der Waals surface area contributed by atoms with E-state index in [1.54, 1.807) is 13.1 Å². The van der Waals surface area contributed by atoms with E-state index in [1.807, 2.05) is 6.92 Å². The van der Waals surface area contributed by atoms with Crippen LogP contribution in [0.5, 0.6) is 0 Å². The Balaban J connectivity index is 1.79. The lowest BCUT2D eigenvalue weighted by Gasteiger charge is -2.22. The second kappa shape index (κ2) is 9.00. The molecule has 0 aromatic carbocycles. The number of ether oxygens (including phenoxy) is 1. The van der Waals surface area contributed by atoms with Crippen LogP contribution >= 0.6 is 23.1 Å². The maximum absolute atomic E-state index is 13.0. The van der Waals surface area contributed by atoms with E-state index in [2.05, 4.69) is 15.3 Å². The molecule has 9 nitrogen and oxygen atoms in total. The first kappa shape index (κ1) is 22.0. The molecule has 3 rings (SSSR count). The van der Waals surface area contributed by atoms with E-state index in [0.717, 1.165) is 4.88 Å². The minimum absolute atomic E-state index is 0.154. The number of rotatable bonds is 6. The van der Waals surface area contributed by atoms with Crippen LogP contribution in [-0.4, -0.2) is 63.2 Å². The van der Waals surface area contributed by atoms with Crippen LogP contribution in [0.1, 0.15) is 43.9 Å². The molecule has 160 valence electrons. The summed E-state index contributed by atoms with van der Waals surface area (Å²) >= 11 is 2.83. The number of hydrogen-bond acceptors (Lipinski definition) is 8. The number of thiazole rings is 1. The molecule has 1 atom stereocenters. The molecule has 1 aliphatic rings. The highest BCUT2D eigenvalue weighted by molar-refractivity contribution is 7.99. The average molecular weight is 451 g/mol. The van der Waals surface area contributed by atoms with Crippen molar-refractivity contribution in [3.8, 4) is 0 Å². The average Bonchev–Trinajstić information content (AvgIpc) is 3.40. The van der Waals surface area contributed by atoms with Gasteiger partial charge in [0.2, 0.25) is 11.8 Å². The molecule has 1 fully saturated rings. The van der Waals surface area contributed by atoms with Gasteiger partial charge in [0.05, 0.1) is 30.7 Å². The second-order valence-electron chi connectivity index (χ2n) is 6.85. The zero-order valence-electron chi connectivity index (χ0n) is 17.0. The van der Waals surface area contributed by atoms with Gasteiger partial charge in [0.15, 0.2) is 10.9 Å². The molecular weight excluding hydrogens is 428 g/mol. The largest absolute Gasteiger partial charge is 0.465 e. The zero-order valence-corrected chi connectivity index (χ0v) is 18.7. The van der Waals surface area contributed by atoms with E-state index >= 15 is 0 Å². The quantitative estimate of drug-likeness (QED) is 0.511. The number of Topliss-reactive ketones (excluding diaryl/α,β-unsaturated/α-hetero) is 1. The maximum atomic E-state index is 13.0. The molecule has 0 bridgehead atoms. The number of aryl methyl sites for hydroxylation is 1. The molecule has 30 heavy (non-hydrogen) atoms. The summed E-state index contributed by atoms with van der Waals surface area (Å²) in [5, 5.41) is 3.24. The van der Waals surface area contributed by atoms with Crippen molar-refractivity contribution in [1.82, 2.24) is 14.9 Å². The zero-order chi connectivity index (χ0) is 22.0. The normalized spacial score (nSPS) is 15.9. The Morgan fingerprint density at radius 3 is 2.67 bits per heavy atom. The molecular formula is C19H22N4O5S2. The molecule has 2 amide bonds. The van der Waals surface area contributed by atoms with E-state index in [4.69, 9.17) is 4.74 Å². The van der Waals surface area contributed by atoms with Gasteiger partial charge in [-0.15, -0.1) is 23.1 Å². The van der Waals surface area contributed by atoms with Crippen molar-refractivity contribution in [2.24, 2.45) is 0 Å². The molecule has 2 aromatic heterocycles. The Bertz CT molecular complexity index is 1010. The van der Waals surface area contributed by atoms with Crippen molar-refractivity contribution >= 4 is 51.8 Å². The van der Waals surface area contributed by atoms with Crippen molar-refractivity contribution in [2.45, 2.75) is 33.2 Å². The number of nitrogens with zero attached hydrogens (tertiary/aromatic N) is 2. The molecule has 2 N–H and O–H groups in total. The molecule has 3 heterocycles. The molecule has 0 aliphatic carbocycles. The summed E-state index contributed by atoms with van der Waals surface area (Å²) in [6.07, 6.45) is 1.51. The van der Waals surface area contributed by atoms with Crippen molar-refractivity contribution in [2.75, 3.05) is 24.1 Å². The van der Waals surface area contributed by atoms with Gasteiger partial charge in [0.1, 0.15) is 6.04 Å². The first-order valence-electron chi connectivity index (χ1n) is 9.14.